The standard InChI is InChI=1S/C8H11ClN2O2S/c1-5(7(12)13)2-3-10-8-11-6(9)4-14-8/h4-5H,2-3H2,1H3,(H,10,11)(H,12,13). The molecule has 14 heavy (non-hydrogen) atoms. The number of rotatable bonds is 5. The highest BCUT2D eigenvalue weighted by atomic mass is 35.5. The number of hydrogen-bond donors (Lipinski definition) is 2. The summed E-state index contributed by atoms with van der Waals surface area (Å²) in [4.78, 5) is 14.5. The smallest absolute Gasteiger partial charge is 0.306 e. The third kappa shape index (κ3) is 3.51. The summed E-state index contributed by atoms with van der Waals surface area (Å²) in [6, 6.07) is 0. The van der Waals surface area contributed by atoms with Crippen molar-refractivity contribution in [3.63, 3.8) is 0 Å². The molecule has 4 nitrogen and oxygen atoms in total. The Morgan fingerprint density at radius 2 is 2.57 bits per heavy atom. The van der Waals surface area contributed by atoms with Crippen LogP contribution in [0.3, 0.4) is 0 Å². The molecule has 6 heteroatoms. The van der Waals surface area contributed by atoms with Gasteiger partial charge in [0.2, 0.25) is 0 Å². The lowest BCUT2D eigenvalue weighted by Gasteiger charge is -2.05. The van der Waals surface area contributed by atoms with Gasteiger partial charge in [-0.25, -0.2) is 4.98 Å². The monoisotopic (exact) mass is 234 g/mol. The van der Waals surface area contributed by atoms with Gasteiger partial charge in [0.15, 0.2) is 5.13 Å². The summed E-state index contributed by atoms with van der Waals surface area (Å²) in [7, 11) is 0. The first-order valence-electron chi connectivity index (χ1n) is 4.17. The topological polar surface area (TPSA) is 62.2 Å². The Labute approximate surface area is 90.9 Å². The zero-order valence-corrected chi connectivity index (χ0v) is 9.23. The molecule has 0 amide bonds. The molecule has 0 aliphatic rings. The number of anilines is 1. The quantitative estimate of drug-likeness (QED) is 0.821. The lowest BCUT2D eigenvalue weighted by atomic mass is 10.1. The number of aromatic nitrogens is 1. The molecular weight excluding hydrogens is 224 g/mol. The lowest BCUT2D eigenvalue weighted by molar-refractivity contribution is -0.141. The highest BCUT2D eigenvalue weighted by Crippen LogP contribution is 2.18. The fourth-order valence-electron chi connectivity index (χ4n) is 0.854. The number of nitrogens with one attached hydrogen (secondary N) is 1. The molecule has 1 rings (SSSR count). The van der Waals surface area contributed by atoms with Gasteiger partial charge in [0.25, 0.3) is 0 Å². The Kier molecular flexibility index (Phi) is 4.16. The Morgan fingerprint density at radius 1 is 1.86 bits per heavy atom. The van der Waals surface area contributed by atoms with Crippen molar-refractivity contribution in [3.05, 3.63) is 10.5 Å². The van der Waals surface area contributed by atoms with Gasteiger partial charge in [0.1, 0.15) is 5.15 Å². The summed E-state index contributed by atoms with van der Waals surface area (Å²) in [5.41, 5.74) is 0. The van der Waals surface area contributed by atoms with Gasteiger partial charge < -0.3 is 10.4 Å². The van der Waals surface area contributed by atoms with E-state index in [1.807, 2.05) is 0 Å². The van der Waals surface area contributed by atoms with Crippen molar-refractivity contribution in [2.24, 2.45) is 5.92 Å². The zero-order valence-electron chi connectivity index (χ0n) is 7.66. The maximum atomic E-state index is 10.5. The van der Waals surface area contributed by atoms with Gasteiger partial charge in [-0.2, -0.15) is 0 Å². The fraction of sp³-hybridized carbons (Fsp3) is 0.500. The average Bonchev–Trinajstić information content (AvgIpc) is 2.51. The molecule has 0 fully saturated rings. The van der Waals surface area contributed by atoms with Gasteiger partial charge >= 0.3 is 5.97 Å². The molecule has 1 atom stereocenters. The minimum Gasteiger partial charge on any atom is -0.481 e. The number of aliphatic carboxylic acids is 1. The Hall–Kier alpha value is -0.810. The van der Waals surface area contributed by atoms with Gasteiger partial charge in [-0.1, -0.05) is 18.5 Å². The molecule has 0 aromatic carbocycles. The first kappa shape index (κ1) is 11.3. The molecule has 1 aromatic heterocycles. The van der Waals surface area contributed by atoms with Gasteiger partial charge in [-0.3, -0.25) is 4.79 Å². The lowest BCUT2D eigenvalue weighted by Crippen LogP contribution is -2.14. The van der Waals surface area contributed by atoms with Crippen molar-refractivity contribution in [2.75, 3.05) is 11.9 Å². The molecule has 0 saturated carbocycles. The molecule has 1 heterocycles. The van der Waals surface area contributed by atoms with E-state index < -0.39 is 5.97 Å². The Morgan fingerprint density at radius 3 is 3.07 bits per heavy atom. The molecule has 2 N–H and O–H groups in total. The van der Waals surface area contributed by atoms with Crippen LogP contribution in [-0.4, -0.2) is 22.6 Å². The third-order valence-electron chi connectivity index (χ3n) is 1.75. The highest BCUT2D eigenvalue weighted by Gasteiger charge is 2.09. The molecule has 0 aliphatic carbocycles. The van der Waals surface area contributed by atoms with Gasteiger partial charge in [0, 0.05) is 11.9 Å². The van der Waals surface area contributed by atoms with Gasteiger partial charge in [0.05, 0.1) is 5.92 Å². The van der Waals surface area contributed by atoms with Crippen molar-refractivity contribution >= 4 is 34.0 Å². The van der Waals surface area contributed by atoms with Crippen LogP contribution in [-0.2, 0) is 4.79 Å². The molecule has 1 aromatic rings. The number of thiazole rings is 1. The second kappa shape index (κ2) is 5.17. The van der Waals surface area contributed by atoms with Crippen molar-refractivity contribution < 1.29 is 9.90 Å². The molecule has 1 unspecified atom stereocenters. The molecule has 78 valence electrons. The van der Waals surface area contributed by atoms with Crippen LogP contribution in [0.25, 0.3) is 0 Å². The van der Waals surface area contributed by atoms with E-state index in [-0.39, 0.29) is 5.92 Å². The van der Waals surface area contributed by atoms with Crippen molar-refractivity contribution in [1.29, 1.82) is 0 Å². The number of carboxylic acid groups (broad SMARTS) is 1. The summed E-state index contributed by atoms with van der Waals surface area (Å²) in [5.74, 6) is -1.11. The second-order valence-electron chi connectivity index (χ2n) is 2.93. The van der Waals surface area contributed by atoms with Crippen LogP contribution in [0.5, 0.6) is 0 Å². The molecule has 0 spiro atoms. The number of hydrogen-bond acceptors (Lipinski definition) is 4. The normalized spacial score (nSPS) is 12.4. The summed E-state index contributed by atoms with van der Waals surface area (Å²) < 4.78 is 0. The maximum Gasteiger partial charge on any atom is 0.306 e. The van der Waals surface area contributed by atoms with Crippen LogP contribution >= 0.6 is 22.9 Å². The molecule has 0 radical (unpaired) electrons. The summed E-state index contributed by atoms with van der Waals surface area (Å²) in [6.07, 6.45) is 0.576. The minimum absolute atomic E-state index is 0.335. The zero-order chi connectivity index (χ0) is 10.6. The van der Waals surface area contributed by atoms with E-state index in [1.165, 1.54) is 11.3 Å². The predicted molar refractivity (Wildman–Crippen MR) is 57.0 cm³/mol. The number of carboxylic acids is 1. The number of carbonyl (C=O) groups is 1. The van der Waals surface area contributed by atoms with E-state index in [0.717, 1.165) is 5.13 Å². The second-order valence-corrected chi connectivity index (χ2v) is 4.18. The molecule has 0 bridgehead atoms. The third-order valence-corrected chi connectivity index (χ3v) is 2.87. The average molecular weight is 235 g/mol. The van der Waals surface area contributed by atoms with Crippen molar-refractivity contribution in [1.82, 2.24) is 4.98 Å². The minimum atomic E-state index is -0.774. The summed E-state index contributed by atoms with van der Waals surface area (Å²) >= 11 is 7.03. The van der Waals surface area contributed by atoms with Crippen LogP contribution in [0.1, 0.15) is 13.3 Å². The predicted octanol–water partition coefficient (Wildman–Crippen LogP) is 2.32. The van der Waals surface area contributed by atoms with Crippen LogP contribution in [0.2, 0.25) is 5.15 Å². The first-order chi connectivity index (χ1) is 6.59. The maximum absolute atomic E-state index is 10.5. The Balaban J connectivity index is 2.25. The van der Waals surface area contributed by atoms with Crippen molar-refractivity contribution in [3.8, 4) is 0 Å². The van der Waals surface area contributed by atoms with E-state index >= 15 is 0 Å². The fourth-order valence-corrected chi connectivity index (χ4v) is 1.72. The van der Waals surface area contributed by atoms with E-state index in [1.54, 1.807) is 12.3 Å². The van der Waals surface area contributed by atoms with Crippen LogP contribution in [0, 0.1) is 5.92 Å². The number of nitrogens with zero attached hydrogens (tertiary/aromatic N) is 1. The van der Waals surface area contributed by atoms with Gasteiger partial charge in [-0.05, 0) is 6.42 Å². The molecule has 0 aliphatic heterocycles. The molecular formula is C8H11ClN2O2S. The van der Waals surface area contributed by atoms with Crippen LogP contribution in [0.4, 0.5) is 5.13 Å². The van der Waals surface area contributed by atoms with Crippen LogP contribution < -0.4 is 5.32 Å². The summed E-state index contributed by atoms with van der Waals surface area (Å²) in [5, 5.41) is 14.6. The number of halogens is 1. The van der Waals surface area contributed by atoms with Crippen LogP contribution in [0.15, 0.2) is 5.38 Å². The highest BCUT2D eigenvalue weighted by molar-refractivity contribution is 7.14. The summed E-state index contributed by atoms with van der Waals surface area (Å²) in [6.45, 7) is 2.27. The first-order valence-corrected chi connectivity index (χ1v) is 5.43. The largest absolute Gasteiger partial charge is 0.481 e. The van der Waals surface area contributed by atoms with E-state index in [9.17, 15) is 4.79 Å². The Bertz CT molecular complexity index is 316. The molecule has 0 saturated heterocycles. The van der Waals surface area contributed by atoms with E-state index in [0.29, 0.717) is 18.1 Å². The SMILES string of the molecule is CC(CCNc1nc(Cl)cs1)C(=O)O. The van der Waals surface area contributed by atoms with E-state index in [4.69, 9.17) is 16.7 Å². The van der Waals surface area contributed by atoms with Crippen molar-refractivity contribution in [2.45, 2.75) is 13.3 Å². The van der Waals surface area contributed by atoms with Gasteiger partial charge in [-0.15, -0.1) is 11.3 Å². The van der Waals surface area contributed by atoms with E-state index in [2.05, 4.69) is 10.3 Å².